The lowest BCUT2D eigenvalue weighted by molar-refractivity contribution is -0.132. The lowest BCUT2D eigenvalue weighted by Gasteiger charge is -2.33. The van der Waals surface area contributed by atoms with Crippen LogP contribution in [0.3, 0.4) is 0 Å². The molecule has 1 unspecified atom stereocenters. The highest BCUT2D eigenvalue weighted by molar-refractivity contribution is 5.76. The molecular weight excluding hydrogens is 350 g/mol. The van der Waals surface area contributed by atoms with E-state index in [2.05, 4.69) is 29.2 Å². The lowest BCUT2D eigenvalue weighted by atomic mass is 9.91. The fourth-order valence-corrected chi connectivity index (χ4v) is 3.86. The normalized spacial score (nSPS) is 16.9. The van der Waals surface area contributed by atoms with E-state index < -0.39 is 0 Å². The summed E-state index contributed by atoms with van der Waals surface area (Å²) in [4.78, 5) is 23.8. The predicted molar refractivity (Wildman–Crippen MR) is 110 cm³/mol. The fourth-order valence-electron chi connectivity index (χ4n) is 3.86. The third-order valence-corrected chi connectivity index (χ3v) is 5.34. The van der Waals surface area contributed by atoms with Gasteiger partial charge in [0.25, 0.3) is 0 Å². The van der Waals surface area contributed by atoms with Gasteiger partial charge in [0.05, 0.1) is 12.3 Å². The molecule has 1 amide bonds. The zero-order chi connectivity index (χ0) is 19.8. The Kier molecular flexibility index (Phi) is 7.54. The van der Waals surface area contributed by atoms with Gasteiger partial charge in [0, 0.05) is 43.8 Å². The van der Waals surface area contributed by atoms with Crippen LogP contribution in [0.1, 0.15) is 61.2 Å². The number of rotatable bonds is 8. The molecule has 2 aromatic rings. The van der Waals surface area contributed by atoms with Crippen LogP contribution >= 0.6 is 0 Å². The van der Waals surface area contributed by atoms with Crippen molar-refractivity contribution in [2.75, 3.05) is 19.7 Å². The number of hydrogen-bond donors (Lipinski definition) is 0. The van der Waals surface area contributed by atoms with E-state index in [1.807, 2.05) is 31.0 Å². The number of carbonyl (C=O) groups excluding carboxylic acids is 1. The molecule has 0 spiro atoms. The van der Waals surface area contributed by atoms with E-state index in [4.69, 9.17) is 9.72 Å². The van der Waals surface area contributed by atoms with E-state index in [1.165, 1.54) is 5.56 Å². The number of carbonyl (C=O) groups is 1. The van der Waals surface area contributed by atoms with Crippen LogP contribution in [0.4, 0.5) is 0 Å². The minimum absolute atomic E-state index is 0.262. The highest BCUT2D eigenvalue weighted by Gasteiger charge is 2.27. The van der Waals surface area contributed by atoms with Crippen molar-refractivity contribution in [2.45, 2.75) is 58.5 Å². The van der Waals surface area contributed by atoms with Gasteiger partial charge in [-0.2, -0.15) is 0 Å². The predicted octanol–water partition coefficient (Wildman–Crippen LogP) is 4.05. The van der Waals surface area contributed by atoms with Gasteiger partial charge in [-0.15, -0.1) is 0 Å². The van der Waals surface area contributed by atoms with E-state index in [0.717, 1.165) is 55.9 Å². The Bertz CT molecular complexity index is 764. The highest BCUT2D eigenvalue weighted by atomic mass is 16.5. The lowest BCUT2D eigenvalue weighted by Crippen LogP contribution is -2.39. The van der Waals surface area contributed by atoms with Crippen molar-refractivity contribution < 1.29 is 9.53 Å². The van der Waals surface area contributed by atoms with Gasteiger partial charge in [-0.05, 0) is 45.1 Å². The molecule has 150 valence electrons. The summed E-state index contributed by atoms with van der Waals surface area (Å²) < 4.78 is 5.60. The van der Waals surface area contributed by atoms with Crippen LogP contribution in [0.2, 0.25) is 0 Å². The average molecular weight is 382 g/mol. The maximum Gasteiger partial charge on any atom is 0.222 e. The largest absolute Gasteiger partial charge is 0.377 e. The van der Waals surface area contributed by atoms with Crippen molar-refractivity contribution in [1.29, 1.82) is 0 Å². The Labute approximate surface area is 168 Å². The second-order valence-corrected chi connectivity index (χ2v) is 7.48. The summed E-state index contributed by atoms with van der Waals surface area (Å²) >= 11 is 0. The summed E-state index contributed by atoms with van der Waals surface area (Å²) in [5.74, 6) is 1.31. The summed E-state index contributed by atoms with van der Waals surface area (Å²) in [5.41, 5.74) is 3.41. The second-order valence-electron chi connectivity index (χ2n) is 7.48. The fraction of sp³-hybridized carbons (Fsp3) is 0.522. The number of aromatic nitrogens is 2. The van der Waals surface area contributed by atoms with Crippen LogP contribution in [-0.4, -0.2) is 40.5 Å². The first-order valence-electron chi connectivity index (χ1n) is 10.4. The van der Waals surface area contributed by atoms with Gasteiger partial charge in [0.15, 0.2) is 0 Å². The quantitative estimate of drug-likeness (QED) is 0.692. The molecule has 0 N–H and O–H groups in total. The molecule has 5 heteroatoms. The van der Waals surface area contributed by atoms with Crippen LogP contribution in [-0.2, 0) is 22.6 Å². The van der Waals surface area contributed by atoms with Crippen molar-refractivity contribution >= 4 is 5.91 Å². The first-order valence-corrected chi connectivity index (χ1v) is 10.4. The van der Waals surface area contributed by atoms with Gasteiger partial charge in [-0.3, -0.25) is 4.79 Å². The number of hydrogen-bond acceptors (Lipinski definition) is 4. The van der Waals surface area contributed by atoms with E-state index >= 15 is 0 Å². The minimum Gasteiger partial charge on any atom is -0.377 e. The molecule has 3 rings (SSSR count). The number of piperidine rings is 1. The van der Waals surface area contributed by atoms with Crippen LogP contribution in [0.15, 0.2) is 36.5 Å². The van der Waals surface area contributed by atoms with Crippen molar-refractivity contribution in [1.82, 2.24) is 14.9 Å². The summed E-state index contributed by atoms with van der Waals surface area (Å²) in [6.45, 7) is 6.72. The van der Waals surface area contributed by atoms with Gasteiger partial charge in [-0.1, -0.05) is 30.3 Å². The molecule has 1 aromatic heterocycles. The van der Waals surface area contributed by atoms with Crippen molar-refractivity contribution in [2.24, 2.45) is 0 Å². The Morgan fingerprint density at radius 1 is 1.29 bits per heavy atom. The van der Waals surface area contributed by atoms with Crippen LogP contribution in [0.25, 0.3) is 0 Å². The molecule has 1 fully saturated rings. The number of likely N-dealkylation sites (tertiary alicyclic amines) is 1. The van der Waals surface area contributed by atoms with Gasteiger partial charge in [-0.25, -0.2) is 9.97 Å². The van der Waals surface area contributed by atoms with Gasteiger partial charge < -0.3 is 9.64 Å². The summed E-state index contributed by atoms with van der Waals surface area (Å²) in [6.07, 6.45) is 6.42. The molecule has 0 aliphatic carbocycles. The van der Waals surface area contributed by atoms with Crippen molar-refractivity contribution in [3.05, 3.63) is 59.2 Å². The Hall–Kier alpha value is -2.27. The third-order valence-electron chi connectivity index (χ3n) is 5.34. The Morgan fingerprint density at radius 2 is 2.11 bits per heavy atom. The van der Waals surface area contributed by atoms with Crippen LogP contribution in [0, 0.1) is 6.92 Å². The minimum atomic E-state index is 0.262. The van der Waals surface area contributed by atoms with E-state index in [1.54, 1.807) is 0 Å². The van der Waals surface area contributed by atoms with Crippen LogP contribution in [0.5, 0.6) is 0 Å². The van der Waals surface area contributed by atoms with Gasteiger partial charge >= 0.3 is 0 Å². The van der Waals surface area contributed by atoms with Gasteiger partial charge in [0.1, 0.15) is 5.82 Å². The molecule has 1 aromatic carbocycles. The molecule has 28 heavy (non-hydrogen) atoms. The Balaban J connectivity index is 1.59. The van der Waals surface area contributed by atoms with Gasteiger partial charge in [0.2, 0.25) is 5.91 Å². The van der Waals surface area contributed by atoms with Crippen molar-refractivity contribution in [3.8, 4) is 0 Å². The molecule has 0 saturated carbocycles. The number of nitrogens with zero attached hydrogens (tertiary/aromatic N) is 3. The highest BCUT2D eigenvalue weighted by Crippen LogP contribution is 2.28. The number of benzene rings is 1. The first kappa shape index (κ1) is 20.5. The zero-order valence-electron chi connectivity index (χ0n) is 17.1. The number of ether oxygens (including phenoxy) is 1. The van der Waals surface area contributed by atoms with E-state index in [9.17, 15) is 4.79 Å². The first-order chi connectivity index (χ1) is 13.7. The molecule has 1 atom stereocenters. The molecule has 2 heterocycles. The summed E-state index contributed by atoms with van der Waals surface area (Å²) in [6, 6.07) is 10.4. The third kappa shape index (κ3) is 5.61. The molecular formula is C23H31N3O2. The zero-order valence-corrected chi connectivity index (χ0v) is 17.1. The maximum absolute atomic E-state index is 12.8. The molecule has 0 radical (unpaired) electrons. The Morgan fingerprint density at radius 3 is 2.89 bits per heavy atom. The van der Waals surface area contributed by atoms with Crippen LogP contribution < -0.4 is 0 Å². The topological polar surface area (TPSA) is 55.3 Å². The monoisotopic (exact) mass is 381 g/mol. The molecule has 1 aliphatic rings. The van der Waals surface area contributed by atoms with E-state index in [0.29, 0.717) is 19.6 Å². The SMILES string of the molecule is CCOCc1cnc(C)nc1C1CCCN(C(=O)CCCc2ccccc2)C1. The number of amides is 1. The number of aryl methyl sites for hydroxylation is 2. The molecule has 1 saturated heterocycles. The smallest absolute Gasteiger partial charge is 0.222 e. The molecule has 5 nitrogen and oxygen atoms in total. The molecule has 0 bridgehead atoms. The molecule has 1 aliphatic heterocycles. The maximum atomic E-state index is 12.8. The summed E-state index contributed by atoms with van der Waals surface area (Å²) in [7, 11) is 0. The van der Waals surface area contributed by atoms with E-state index in [-0.39, 0.29) is 11.8 Å². The summed E-state index contributed by atoms with van der Waals surface area (Å²) in [5, 5.41) is 0. The second kappa shape index (κ2) is 10.3. The average Bonchev–Trinajstić information content (AvgIpc) is 2.73. The standard InChI is InChI=1S/C23H31N3O2/c1-3-28-17-21-15-24-18(2)25-23(21)20-12-8-14-26(16-20)22(27)13-7-11-19-9-5-4-6-10-19/h4-6,9-10,15,20H,3,7-8,11-14,16-17H2,1-2H3. The van der Waals surface area contributed by atoms with Crippen molar-refractivity contribution in [3.63, 3.8) is 0 Å².